The van der Waals surface area contributed by atoms with Crippen molar-refractivity contribution in [3.8, 4) is 5.75 Å². The molecule has 28 heavy (non-hydrogen) atoms. The Morgan fingerprint density at radius 1 is 0.929 bits per heavy atom. The number of nitrogens with one attached hydrogen (secondary N) is 2. The third-order valence-corrected chi connectivity index (χ3v) is 4.03. The van der Waals surface area contributed by atoms with Gasteiger partial charge in [-0.3, -0.25) is 9.59 Å². The van der Waals surface area contributed by atoms with Crippen LogP contribution in [0.1, 0.15) is 29.5 Å². The van der Waals surface area contributed by atoms with Crippen LogP contribution >= 0.6 is 0 Å². The monoisotopic (exact) mass is 378 g/mol. The van der Waals surface area contributed by atoms with E-state index < -0.39 is 0 Å². The number of furan rings is 1. The van der Waals surface area contributed by atoms with Crippen molar-refractivity contribution >= 4 is 23.2 Å². The Bertz CT molecular complexity index is 901. The standard InChI is InChI=1S/C22H22N2O4/c1-2-27-20-11-9-18(10-12-20)24-22(26)16-5-7-17(8-6-16)23-21(25)14-13-19-4-3-15-28-19/h3-12,15H,2,13-14H2,1H3,(H,23,25)(H,24,26). The summed E-state index contributed by atoms with van der Waals surface area (Å²) in [5.74, 6) is 1.20. The van der Waals surface area contributed by atoms with Crippen molar-refractivity contribution in [1.29, 1.82) is 0 Å². The van der Waals surface area contributed by atoms with Crippen molar-refractivity contribution in [3.05, 3.63) is 78.3 Å². The minimum atomic E-state index is -0.222. The average molecular weight is 378 g/mol. The van der Waals surface area contributed by atoms with Crippen LogP contribution in [0, 0.1) is 0 Å². The fourth-order valence-electron chi connectivity index (χ4n) is 2.62. The molecule has 6 heteroatoms. The number of anilines is 2. The first-order chi connectivity index (χ1) is 13.6. The summed E-state index contributed by atoms with van der Waals surface area (Å²) in [7, 11) is 0. The summed E-state index contributed by atoms with van der Waals surface area (Å²) in [6.45, 7) is 2.51. The molecule has 0 bridgehead atoms. The van der Waals surface area contributed by atoms with Crippen LogP contribution in [0.3, 0.4) is 0 Å². The highest BCUT2D eigenvalue weighted by molar-refractivity contribution is 6.04. The maximum absolute atomic E-state index is 12.4. The van der Waals surface area contributed by atoms with E-state index in [1.807, 2.05) is 13.0 Å². The van der Waals surface area contributed by atoms with Gasteiger partial charge in [-0.15, -0.1) is 0 Å². The fourth-order valence-corrected chi connectivity index (χ4v) is 2.62. The van der Waals surface area contributed by atoms with Crippen LogP contribution in [-0.4, -0.2) is 18.4 Å². The molecule has 0 fully saturated rings. The van der Waals surface area contributed by atoms with Gasteiger partial charge in [-0.05, 0) is 67.6 Å². The minimum Gasteiger partial charge on any atom is -0.494 e. The van der Waals surface area contributed by atoms with Gasteiger partial charge in [0.25, 0.3) is 5.91 Å². The summed E-state index contributed by atoms with van der Waals surface area (Å²) in [5, 5.41) is 5.64. The molecule has 3 aromatic rings. The van der Waals surface area contributed by atoms with Gasteiger partial charge in [0.1, 0.15) is 11.5 Å². The number of carbonyl (C=O) groups excluding carboxylic acids is 2. The molecule has 6 nitrogen and oxygen atoms in total. The molecule has 0 aliphatic rings. The summed E-state index contributed by atoms with van der Waals surface area (Å²) in [6, 6.07) is 17.6. The van der Waals surface area contributed by atoms with Gasteiger partial charge >= 0.3 is 0 Å². The Hall–Kier alpha value is -3.54. The van der Waals surface area contributed by atoms with Gasteiger partial charge < -0.3 is 19.8 Å². The summed E-state index contributed by atoms with van der Waals surface area (Å²) in [4.78, 5) is 24.4. The number of ether oxygens (including phenoxy) is 1. The Balaban J connectivity index is 1.51. The predicted molar refractivity (Wildman–Crippen MR) is 108 cm³/mol. The van der Waals surface area contributed by atoms with E-state index in [0.717, 1.165) is 11.5 Å². The van der Waals surface area contributed by atoms with Gasteiger partial charge in [-0.25, -0.2) is 0 Å². The molecule has 2 aromatic carbocycles. The highest BCUT2D eigenvalue weighted by Gasteiger charge is 2.08. The molecule has 2 amide bonds. The first-order valence-corrected chi connectivity index (χ1v) is 9.10. The number of benzene rings is 2. The molecule has 0 aliphatic carbocycles. The van der Waals surface area contributed by atoms with Crippen LogP contribution in [-0.2, 0) is 11.2 Å². The van der Waals surface area contributed by atoms with E-state index >= 15 is 0 Å². The minimum absolute atomic E-state index is 0.108. The highest BCUT2D eigenvalue weighted by Crippen LogP contribution is 2.17. The summed E-state index contributed by atoms with van der Waals surface area (Å²) >= 11 is 0. The first-order valence-electron chi connectivity index (χ1n) is 9.10. The molecule has 0 radical (unpaired) electrons. The zero-order chi connectivity index (χ0) is 19.8. The van der Waals surface area contributed by atoms with Crippen molar-refractivity contribution in [2.45, 2.75) is 19.8 Å². The third kappa shape index (κ3) is 5.48. The summed E-state index contributed by atoms with van der Waals surface area (Å²) < 4.78 is 10.6. The SMILES string of the molecule is CCOc1ccc(NC(=O)c2ccc(NC(=O)CCc3ccco3)cc2)cc1. The normalized spacial score (nSPS) is 10.3. The Labute approximate surface area is 163 Å². The Kier molecular flexibility index (Phi) is 6.46. The summed E-state index contributed by atoms with van der Waals surface area (Å²) in [5.41, 5.74) is 1.83. The van der Waals surface area contributed by atoms with Gasteiger partial charge in [-0.2, -0.15) is 0 Å². The first kappa shape index (κ1) is 19.2. The molecule has 0 saturated carbocycles. The van der Waals surface area contributed by atoms with E-state index in [1.54, 1.807) is 60.9 Å². The molecule has 0 atom stereocenters. The van der Waals surface area contributed by atoms with Crippen molar-refractivity contribution < 1.29 is 18.7 Å². The van der Waals surface area contributed by atoms with Gasteiger partial charge in [-0.1, -0.05) is 0 Å². The molecule has 1 aromatic heterocycles. The zero-order valence-electron chi connectivity index (χ0n) is 15.6. The molecular formula is C22H22N2O4. The summed E-state index contributed by atoms with van der Waals surface area (Å²) in [6.07, 6.45) is 2.46. The Morgan fingerprint density at radius 2 is 1.61 bits per heavy atom. The second-order valence-corrected chi connectivity index (χ2v) is 6.12. The Morgan fingerprint density at radius 3 is 2.25 bits per heavy atom. The second-order valence-electron chi connectivity index (χ2n) is 6.12. The lowest BCUT2D eigenvalue weighted by molar-refractivity contribution is -0.116. The van der Waals surface area contributed by atoms with Crippen molar-refractivity contribution in [3.63, 3.8) is 0 Å². The van der Waals surface area contributed by atoms with E-state index in [9.17, 15) is 9.59 Å². The van der Waals surface area contributed by atoms with Crippen LogP contribution in [0.5, 0.6) is 5.75 Å². The fraction of sp³-hybridized carbons (Fsp3) is 0.182. The smallest absolute Gasteiger partial charge is 0.255 e. The van der Waals surface area contributed by atoms with Gasteiger partial charge in [0.15, 0.2) is 0 Å². The zero-order valence-corrected chi connectivity index (χ0v) is 15.6. The highest BCUT2D eigenvalue weighted by atomic mass is 16.5. The number of hydrogen-bond acceptors (Lipinski definition) is 4. The maximum Gasteiger partial charge on any atom is 0.255 e. The van der Waals surface area contributed by atoms with E-state index in [2.05, 4.69) is 10.6 Å². The molecule has 1 heterocycles. The topological polar surface area (TPSA) is 80.6 Å². The van der Waals surface area contributed by atoms with Crippen molar-refractivity contribution in [1.82, 2.24) is 0 Å². The number of amides is 2. The molecule has 144 valence electrons. The number of carbonyl (C=O) groups is 2. The van der Waals surface area contributed by atoms with E-state index in [4.69, 9.17) is 9.15 Å². The van der Waals surface area contributed by atoms with Crippen LogP contribution in [0.2, 0.25) is 0 Å². The quantitative estimate of drug-likeness (QED) is 0.605. The average Bonchev–Trinajstić information content (AvgIpc) is 3.22. The number of rotatable bonds is 8. The van der Waals surface area contributed by atoms with E-state index in [1.165, 1.54) is 0 Å². The van der Waals surface area contributed by atoms with Crippen LogP contribution in [0.15, 0.2) is 71.3 Å². The molecule has 3 rings (SSSR count). The van der Waals surface area contributed by atoms with Crippen molar-refractivity contribution in [2.24, 2.45) is 0 Å². The van der Waals surface area contributed by atoms with Gasteiger partial charge in [0.2, 0.25) is 5.91 Å². The molecule has 0 spiro atoms. The lowest BCUT2D eigenvalue weighted by atomic mass is 10.1. The molecule has 0 aliphatic heterocycles. The van der Waals surface area contributed by atoms with Crippen molar-refractivity contribution in [2.75, 3.05) is 17.2 Å². The number of hydrogen-bond donors (Lipinski definition) is 2. The van der Waals surface area contributed by atoms with Crippen LogP contribution in [0.25, 0.3) is 0 Å². The molecule has 0 saturated heterocycles. The molecule has 0 unspecified atom stereocenters. The lowest BCUT2D eigenvalue weighted by Crippen LogP contribution is -2.14. The van der Waals surface area contributed by atoms with Gasteiger partial charge in [0, 0.05) is 29.8 Å². The number of aryl methyl sites for hydroxylation is 1. The van der Waals surface area contributed by atoms with Crippen LogP contribution < -0.4 is 15.4 Å². The maximum atomic E-state index is 12.4. The second kappa shape index (κ2) is 9.41. The predicted octanol–water partition coefficient (Wildman–Crippen LogP) is 4.50. The third-order valence-electron chi connectivity index (χ3n) is 4.03. The van der Waals surface area contributed by atoms with E-state index in [0.29, 0.717) is 36.4 Å². The van der Waals surface area contributed by atoms with Crippen LogP contribution in [0.4, 0.5) is 11.4 Å². The molecule has 2 N–H and O–H groups in total. The van der Waals surface area contributed by atoms with Gasteiger partial charge in [0.05, 0.1) is 12.9 Å². The lowest BCUT2D eigenvalue weighted by Gasteiger charge is -2.08. The largest absolute Gasteiger partial charge is 0.494 e. The van der Waals surface area contributed by atoms with E-state index in [-0.39, 0.29) is 11.8 Å². The molecular weight excluding hydrogens is 356 g/mol.